The van der Waals surface area contributed by atoms with Crippen molar-refractivity contribution in [3.8, 4) is 0 Å². The predicted octanol–water partition coefficient (Wildman–Crippen LogP) is 4.64. The summed E-state index contributed by atoms with van der Waals surface area (Å²) in [5.74, 6) is -0.268. The minimum absolute atomic E-state index is 0.268. The fourth-order valence-corrected chi connectivity index (χ4v) is 2.31. The molecule has 0 unspecified atom stereocenters. The second-order valence-electron chi connectivity index (χ2n) is 4.47. The Labute approximate surface area is 121 Å². The first kappa shape index (κ1) is 12.9. The summed E-state index contributed by atoms with van der Waals surface area (Å²) in [5, 5.41) is 4.78. The molecule has 0 radical (unpaired) electrons. The minimum Gasteiger partial charge on any atom is -0.379 e. The van der Waals surface area contributed by atoms with Crippen molar-refractivity contribution in [1.29, 1.82) is 0 Å². The highest BCUT2D eigenvalue weighted by Crippen LogP contribution is 2.22. The Morgan fingerprint density at radius 1 is 1.10 bits per heavy atom. The number of hydrogen-bond donors (Lipinski definition) is 1. The van der Waals surface area contributed by atoms with Gasteiger partial charge in [-0.05, 0) is 30.3 Å². The van der Waals surface area contributed by atoms with Crippen LogP contribution >= 0.6 is 11.6 Å². The van der Waals surface area contributed by atoms with Crippen molar-refractivity contribution in [3.05, 3.63) is 71.1 Å². The number of rotatable bonds is 3. The van der Waals surface area contributed by atoms with E-state index in [1.807, 2.05) is 30.3 Å². The van der Waals surface area contributed by atoms with Crippen molar-refractivity contribution in [3.63, 3.8) is 0 Å². The summed E-state index contributed by atoms with van der Waals surface area (Å²) in [6, 6.07) is 14.3. The number of hydrogen-bond acceptors (Lipinski definition) is 2. The van der Waals surface area contributed by atoms with E-state index < -0.39 is 0 Å². The molecule has 0 saturated carbocycles. The van der Waals surface area contributed by atoms with E-state index in [1.165, 1.54) is 6.07 Å². The van der Waals surface area contributed by atoms with Crippen LogP contribution in [0.3, 0.4) is 0 Å². The van der Waals surface area contributed by atoms with Gasteiger partial charge in [0.05, 0.1) is 11.2 Å². The van der Waals surface area contributed by atoms with Crippen LogP contribution in [-0.4, -0.2) is 4.98 Å². The molecule has 20 heavy (non-hydrogen) atoms. The van der Waals surface area contributed by atoms with Crippen LogP contribution < -0.4 is 5.32 Å². The minimum atomic E-state index is -0.268. The van der Waals surface area contributed by atoms with Crippen LogP contribution in [-0.2, 0) is 6.54 Å². The molecule has 100 valence electrons. The van der Waals surface area contributed by atoms with Gasteiger partial charge in [-0.1, -0.05) is 29.8 Å². The number of aromatic nitrogens is 1. The molecule has 0 amide bonds. The summed E-state index contributed by atoms with van der Waals surface area (Å²) in [4.78, 5) is 4.35. The van der Waals surface area contributed by atoms with E-state index in [0.717, 1.165) is 16.6 Å². The molecule has 1 heterocycles. The number of benzene rings is 2. The number of pyridine rings is 1. The molecule has 0 fully saturated rings. The third-order valence-corrected chi connectivity index (χ3v) is 3.34. The van der Waals surface area contributed by atoms with Crippen molar-refractivity contribution in [2.75, 3.05) is 5.32 Å². The van der Waals surface area contributed by atoms with Gasteiger partial charge in [0.1, 0.15) is 5.82 Å². The molecule has 0 saturated heterocycles. The lowest BCUT2D eigenvalue weighted by atomic mass is 10.1. The molecule has 2 nitrogen and oxygen atoms in total. The lowest BCUT2D eigenvalue weighted by molar-refractivity contribution is 0.613. The van der Waals surface area contributed by atoms with Crippen LogP contribution in [0.1, 0.15) is 5.56 Å². The molecule has 3 rings (SSSR count). The smallest absolute Gasteiger partial charge is 0.128 e. The number of halogens is 2. The highest BCUT2D eigenvalue weighted by molar-refractivity contribution is 6.30. The lowest BCUT2D eigenvalue weighted by Crippen LogP contribution is -2.02. The van der Waals surface area contributed by atoms with Gasteiger partial charge < -0.3 is 5.32 Å². The van der Waals surface area contributed by atoms with E-state index in [1.54, 1.807) is 18.3 Å². The largest absolute Gasteiger partial charge is 0.379 e. The van der Waals surface area contributed by atoms with E-state index in [-0.39, 0.29) is 5.82 Å². The maximum Gasteiger partial charge on any atom is 0.128 e. The van der Waals surface area contributed by atoms with Crippen molar-refractivity contribution < 1.29 is 4.39 Å². The quantitative estimate of drug-likeness (QED) is 0.759. The van der Waals surface area contributed by atoms with Gasteiger partial charge in [-0.2, -0.15) is 0 Å². The number of nitrogens with one attached hydrogen (secondary N) is 1. The highest BCUT2D eigenvalue weighted by Gasteiger charge is 2.05. The first-order valence-electron chi connectivity index (χ1n) is 6.25. The SMILES string of the molecule is Fc1ccc(Cl)cc1CNc1cccc2cccnc12. The van der Waals surface area contributed by atoms with Crippen molar-refractivity contribution in [2.45, 2.75) is 6.54 Å². The molecule has 1 aromatic heterocycles. The van der Waals surface area contributed by atoms with Crippen LogP contribution in [0.25, 0.3) is 10.9 Å². The Morgan fingerprint density at radius 2 is 1.95 bits per heavy atom. The Morgan fingerprint density at radius 3 is 2.85 bits per heavy atom. The molecular formula is C16H12ClFN2. The van der Waals surface area contributed by atoms with Crippen LogP contribution in [0.2, 0.25) is 5.02 Å². The molecule has 1 N–H and O–H groups in total. The average Bonchev–Trinajstić information content (AvgIpc) is 2.48. The summed E-state index contributed by atoms with van der Waals surface area (Å²) in [6.07, 6.45) is 1.74. The zero-order chi connectivity index (χ0) is 13.9. The molecule has 0 aliphatic carbocycles. The fraction of sp³-hybridized carbons (Fsp3) is 0.0625. The third kappa shape index (κ3) is 2.58. The molecule has 4 heteroatoms. The summed E-state index contributed by atoms with van der Waals surface area (Å²) >= 11 is 5.89. The monoisotopic (exact) mass is 286 g/mol. The zero-order valence-corrected chi connectivity index (χ0v) is 11.4. The van der Waals surface area contributed by atoms with Gasteiger partial charge in [-0.3, -0.25) is 4.98 Å². The summed E-state index contributed by atoms with van der Waals surface area (Å²) in [7, 11) is 0. The van der Waals surface area contributed by atoms with Crippen LogP contribution in [0.15, 0.2) is 54.7 Å². The van der Waals surface area contributed by atoms with Gasteiger partial charge in [0.25, 0.3) is 0 Å². The van der Waals surface area contributed by atoms with Crippen LogP contribution in [0.5, 0.6) is 0 Å². The third-order valence-electron chi connectivity index (χ3n) is 3.11. The predicted molar refractivity (Wildman–Crippen MR) is 80.5 cm³/mol. The van der Waals surface area contributed by atoms with E-state index in [0.29, 0.717) is 17.1 Å². The highest BCUT2D eigenvalue weighted by atomic mass is 35.5. The first-order chi connectivity index (χ1) is 9.74. The molecular weight excluding hydrogens is 275 g/mol. The Kier molecular flexibility index (Phi) is 3.52. The van der Waals surface area contributed by atoms with Gasteiger partial charge in [0, 0.05) is 28.7 Å². The van der Waals surface area contributed by atoms with Crippen molar-refractivity contribution in [1.82, 2.24) is 4.98 Å². The van der Waals surface area contributed by atoms with E-state index >= 15 is 0 Å². The Balaban J connectivity index is 1.89. The van der Waals surface area contributed by atoms with Gasteiger partial charge >= 0.3 is 0 Å². The molecule has 0 atom stereocenters. The Hall–Kier alpha value is -2.13. The molecule has 2 aromatic carbocycles. The van der Waals surface area contributed by atoms with E-state index in [9.17, 15) is 4.39 Å². The average molecular weight is 287 g/mol. The number of fused-ring (bicyclic) bond motifs is 1. The number of para-hydroxylation sites is 1. The maximum absolute atomic E-state index is 13.7. The van der Waals surface area contributed by atoms with Gasteiger partial charge in [-0.25, -0.2) is 4.39 Å². The first-order valence-corrected chi connectivity index (χ1v) is 6.63. The summed E-state index contributed by atoms with van der Waals surface area (Å²) in [6.45, 7) is 0.363. The van der Waals surface area contributed by atoms with Gasteiger partial charge in [0.15, 0.2) is 0 Å². The number of anilines is 1. The Bertz CT molecular complexity index is 753. The van der Waals surface area contributed by atoms with E-state index in [4.69, 9.17) is 11.6 Å². The number of nitrogens with zero attached hydrogens (tertiary/aromatic N) is 1. The second kappa shape index (κ2) is 5.47. The summed E-state index contributed by atoms with van der Waals surface area (Å²) < 4.78 is 13.7. The van der Waals surface area contributed by atoms with Gasteiger partial charge in [0.2, 0.25) is 0 Å². The molecule has 3 aromatic rings. The molecule has 0 bridgehead atoms. The van der Waals surface area contributed by atoms with Crippen LogP contribution in [0.4, 0.5) is 10.1 Å². The second-order valence-corrected chi connectivity index (χ2v) is 4.91. The van der Waals surface area contributed by atoms with Crippen LogP contribution in [0, 0.1) is 5.82 Å². The van der Waals surface area contributed by atoms with Gasteiger partial charge in [-0.15, -0.1) is 0 Å². The molecule has 0 aliphatic heterocycles. The normalized spacial score (nSPS) is 10.7. The van der Waals surface area contributed by atoms with E-state index in [2.05, 4.69) is 10.3 Å². The maximum atomic E-state index is 13.7. The van der Waals surface area contributed by atoms with Crippen molar-refractivity contribution >= 4 is 28.2 Å². The molecule has 0 spiro atoms. The summed E-state index contributed by atoms with van der Waals surface area (Å²) in [5.41, 5.74) is 2.28. The topological polar surface area (TPSA) is 24.9 Å². The zero-order valence-electron chi connectivity index (χ0n) is 10.6. The van der Waals surface area contributed by atoms with Crippen molar-refractivity contribution in [2.24, 2.45) is 0 Å². The fourth-order valence-electron chi connectivity index (χ4n) is 2.12. The standard InChI is InChI=1S/C16H12ClFN2/c17-13-6-7-14(18)12(9-13)10-20-15-5-1-3-11-4-2-8-19-16(11)15/h1-9,20H,10H2. The molecule has 0 aliphatic rings. The lowest BCUT2D eigenvalue weighted by Gasteiger charge is -2.10.